The van der Waals surface area contributed by atoms with Crippen LogP contribution in [0.2, 0.25) is 0 Å². The van der Waals surface area contributed by atoms with Crippen molar-refractivity contribution in [3.63, 3.8) is 0 Å². The molecule has 20 heavy (non-hydrogen) atoms. The molecule has 2 rings (SSSR count). The molecular formula is C13H20N2O5. The van der Waals surface area contributed by atoms with Crippen LogP contribution in [0, 0.1) is 11.8 Å². The van der Waals surface area contributed by atoms with Gasteiger partial charge >= 0.3 is 5.97 Å². The second kappa shape index (κ2) is 6.21. The van der Waals surface area contributed by atoms with Crippen molar-refractivity contribution in [2.24, 2.45) is 11.8 Å². The highest BCUT2D eigenvalue weighted by Crippen LogP contribution is 2.32. The summed E-state index contributed by atoms with van der Waals surface area (Å²) in [7, 11) is 0. The summed E-state index contributed by atoms with van der Waals surface area (Å²) in [4.78, 5) is 36.3. The number of piperidine rings is 1. The molecule has 112 valence electrons. The average molecular weight is 284 g/mol. The highest BCUT2D eigenvalue weighted by atomic mass is 16.4. The van der Waals surface area contributed by atoms with E-state index in [0.29, 0.717) is 25.9 Å². The second-order valence-corrected chi connectivity index (χ2v) is 5.46. The van der Waals surface area contributed by atoms with E-state index in [1.54, 1.807) is 4.90 Å². The Morgan fingerprint density at radius 2 is 1.70 bits per heavy atom. The Morgan fingerprint density at radius 1 is 1.10 bits per heavy atom. The molecule has 0 spiro atoms. The Balaban J connectivity index is 1.79. The Bertz CT molecular complexity index is 400. The molecule has 1 aliphatic heterocycles. The maximum atomic E-state index is 11.9. The molecule has 0 aromatic rings. The van der Waals surface area contributed by atoms with Crippen LogP contribution in [0.1, 0.15) is 25.7 Å². The topological polar surface area (TPSA) is 107 Å². The Morgan fingerprint density at radius 3 is 2.15 bits per heavy atom. The molecule has 1 heterocycles. The lowest BCUT2D eigenvalue weighted by atomic mass is 9.95. The molecule has 3 N–H and O–H groups in total. The highest BCUT2D eigenvalue weighted by molar-refractivity contribution is 5.85. The van der Waals surface area contributed by atoms with E-state index < -0.39 is 18.6 Å². The quantitative estimate of drug-likeness (QED) is 0.612. The van der Waals surface area contributed by atoms with Crippen LogP contribution in [0.5, 0.6) is 0 Å². The average Bonchev–Trinajstić information content (AvgIpc) is 3.28. The fourth-order valence-electron chi connectivity index (χ4n) is 2.43. The number of aliphatic hydroxyl groups is 1. The van der Waals surface area contributed by atoms with Gasteiger partial charge in [-0.15, -0.1) is 0 Å². The van der Waals surface area contributed by atoms with Crippen molar-refractivity contribution in [2.45, 2.75) is 31.7 Å². The number of nitrogens with zero attached hydrogens (tertiary/aromatic N) is 1. The van der Waals surface area contributed by atoms with Crippen molar-refractivity contribution in [1.82, 2.24) is 10.2 Å². The summed E-state index contributed by atoms with van der Waals surface area (Å²) >= 11 is 0. The van der Waals surface area contributed by atoms with Gasteiger partial charge in [0.1, 0.15) is 6.04 Å². The van der Waals surface area contributed by atoms with Crippen molar-refractivity contribution >= 4 is 17.8 Å². The number of carboxylic acid groups (broad SMARTS) is 1. The number of carbonyl (C=O) groups is 3. The van der Waals surface area contributed by atoms with E-state index in [9.17, 15) is 14.4 Å². The van der Waals surface area contributed by atoms with Crippen LogP contribution in [0.25, 0.3) is 0 Å². The molecule has 7 heteroatoms. The molecular weight excluding hydrogens is 264 g/mol. The summed E-state index contributed by atoms with van der Waals surface area (Å²) < 4.78 is 0. The zero-order valence-electron chi connectivity index (χ0n) is 11.2. The summed E-state index contributed by atoms with van der Waals surface area (Å²) in [5.74, 6) is -1.52. The van der Waals surface area contributed by atoms with Crippen LogP contribution in [0.4, 0.5) is 0 Å². The van der Waals surface area contributed by atoms with Gasteiger partial charge in [0.15, 0.2) is 0 Å². The van der Waals surface area contributed by atoms with Gasteiger partial charge in [-0.1, -0.05) is 0 Å². The van der Waals surface area contributed by atoms with E-state index >= 15 is 0 Å². The maximum Gasteiger partial charge on any atom is 0.328 e. The molecule has 0 radical (unpaired) electrons. The van der Waals surface area contributed by atoms with Crippen molar-refractivity contribution in [2.75, 3.05) is 19.7 Å². The first kappa shape index (κ1) is 14.8. The Hall–Kier alpha value is -1.63. The number of aliphatic carboxylic acids is 1. The van der Waals surface area contributed by atoms with E-state index in [4.69, 9.17) is 10.2 Å². The third kappa shape index (κ3) is 3.47. The van der Waals surface area contributed by atoms with E-state index in [1.165, 1.54) is 0 Å². The van der Waals surface area contributed by atoms with Gasteiger partial charge in [0, 0.05) is 24.9 Å². The number of carboxylic acids is 1. The standard InChI is InChI=1S/C13H20N2O5/c16-7-10(13(19)20)14-11(17)8-3-5-15(6-4-8)12(18)9-1-2-9/h8-10,16H,1-7H2,(H,14,17)(H,19,20). The number of rotatable bonds is 5. The van der Waals surface area contributed by atoms with Crippen molar-refractivity contribution < 1.29 is 24.6 Å². The zero-order chi connectivity index (χ0) is 14.7. The van der Waals surface area contributed by atoms with Crippen molar-refractivity contribution in [3.8, 4) is 0 Å². The number of amides is 2. The summed E-state index contributed by atoms with van der Waals surface area (Å²) in [5, 5.41) is 20.0. The number of likely N-dealkylation sites (tertiary alicyclic amines) is 1. The van der Waals surface area contributed by atoms with Crippen LogP contribution in [0.3, 0.4) is 0 Å². The molecule has 0 aromatic carbocycles. The minimum Gasteiger partial charge on any atom is -0.480 e. The third-order valence-electron chi connectivity index (χ3n) is 3.90. The molecule has 0 bridgehead atoms. The van der Waals surface area contributed by atoms with Crippen LogP contribution >= 0.6 is 0 Å². The van der Waals surface area contributed by atoms with E-state index in [1.807, 2.05) is 0 Å². The first-order chi connectivity index (χ1) is 9.52. The van der Waals surface area contributed by atoms with Crippen LogP contribution < -0.4 is 5.32 Å². The van der Waals surface area contributed by atoms with Gasteiger partial charge < -0.3 is 20.4 Å². The monoisotopic (exact) mass is 284 g/mol. The van der Waals surface area contributed by atoms with E-state index in [0.717, 1.165) is 12.8 Å². The number of hydrogen-bond acceptors (Lipinski definition) is 4. The molecule has 2 aliphatic rings. The number of aliphatic hydroxyl groups excluding tert-OH is 1. The summed E-state index contributed by atoms with van der Waals surface area (Å²) in [6.45, 7) is 0.467. The molecule has 2 fully saturated rings. The van der Waals surface area contributed by atoms with Gasteiger partial charge in [-0.05, 0) is 25.7 Å². The lowest BCUT2D eigenvalue weighted by Crippen LogP contribution is -2.49. The summed E-state index contributed by atoms with van der Waals surface area (Å²) in [5.41, 5.74) is 0. The Kier molecular flexibility index (Phi) is 4.59. The first-order valence-corrected chi connectivity index (χ1v) is 6.95. The molecule has 1 atom stereocenters. The fraction of sp³-hybridized carbons (Fsp3) is 0.769. The molecule has 2 amide bonds. The normalized spacial score (nSPS) is 21.4. The lowest BCUT2D eigenvalue weighted by Gasteiger charge is -2.31. The molecule has 1 unspecified atom stereocenters. The first-order valence-electron chi connectivity index (χ1n) is 6.95. The number of nitrogens with one attached hydrogen (secondary N) is 1. The maximum absolute atomic E-state index is 11.9. The van der Waals surface area contributed by atoms with Gasteiger partial charge in [0.25, 0.3) is 0 Å². The van der Waals surface area contributed by atoms with Crippen molar-refractivity contribution in [3.05, 3.63) is 0 Å². The predicted octanol–water partition coefficient (Wildman–Crippen LogP) is -0.803. The third-order valence-corrected chi connectivity index (χ3v) is 3.90. The van der Waals surface area contributed by atoms with Gasteiger partial charge in [-0.2, -0.15) is 0 Å². The van der Waals surface area contributed by atoms with E-state index in [-0.39, 0.29) is 23.7 Å². The second-order valence-electron chi connectivity index (χ2n) is 5.46. The number of carbonyl (C=O) groups excluding carboxylic acids is 2. The van der Waals surface area contributed by atoms with Crippen LogP contribution in [0.15, 0.2) is 0 Å². The lowest BCUT2D eigenvalue weighted by molar-refractivity contribution is -0.144. The minimum atomic E-state index is -1.26. The largest absolute Gasteiger partial charge is 0.480 e. The molecule has 1 saturated heterocycles. The smallest absolute Gasteiger partial charge is 0.328 e. The summed E-state index contributed by atoms with van der Waals surface area (Å²) in [6, 6.07) is -1.26. The van der Waals surface area contributed by atoms with Gasteiger partial charge in [-0.3, -0.25) is 9.59 Å². The van der Waals surface area contributed by atoms with Crippen LogP contribution in [-0.4, -0.2) is 58.6 Å². The molecule has 1 aliphatic carbocycles. The van der Waals surface area contributed by atoms with Crippen LogP contribution in [-0.2, 0) is 14.4 Å². The highest BCUT2D eigenvalue weighted by Gasteiger charge is 2.36. The van der Waals surface area contributed by atoms with Gasteiger partial charge in [0.05, 0.1) is 6.61 Å². The van der Waals surface area contributed by atoms with Crippen molar-refractivity contribution in [1.29, 1.82) is 0 Å². The predicted molar refractivity (Wildman–Crippen MR) is 68.7 cm³/mol. The number of hydrogen-bond donors (Lipinski definition) is 3. The minimum absolute atomic E-state index is 0.183. The fourth-order valence-corrected chi connectivity index (χ4v) is 2.43. The molecule has 0 aromatic heterocycles. The van der Waals surface area contributed by atoms with Gasteiger partial charge in [0.2, 0.25) is 11.8 Å². The summed E-state index contributed by atoms with van der Waals surface area (Å²) in [6.07, 6.45) is 3.02. The van der Waals surface area contributed by atoms with Gasteiger partial charge in [-0.25, -0.2) is 4.79 Å². The molecule has 1 saturated carbocycles. The zero-order valence-corrected chi connectivity index (χ0v) is 11.2. The Labute approximate surface area is 116 Å². The van der Waals surface area contributed by atoms with E-state index in [2.05, 4.69) is 5.32 Å². The molecule has 7 nitrogen and oxygen atoms in total. The SMILES string of the molecule is O=C(NC(CO)C(=O)O)C1CCN(C(=O)C2CC2)CC1.